The molecule has 10 heavy (non-hydrogen) atoms. The second-order valence-corrected chi connectivity index (χ2v) is 2.18. The van der Waals surface area contributed by atoms with Crippen LogP contribution in [0, 0.1) is 12.3 Å². The first-order chi connectivity index (χ1) is 4.62. The fourth-order valence-corrected chi connectivity index (χ4v) is 0.402. The standard InChI is InChI=1S/C9H12O/c1-4-6-7-8-9(3,10)5-2/h2,4,6-8,10H,1,3H3. The third-order valence-electron chi connectivity index (χ3n) is 1.02. The van der Waals surface area contributed by atoms with Crippen LogP contribution in [-0.2, 0) is 0 Å². The lowest BCUT2D eigenvalue weighted by molar-refractivity contribution is 0.174. The molecule has 1 atom stereocenters. The predicted octanol–water partition coefficient (Wildman–Crippen LogP) is 1.50. The summed E-state index contributed by atoms with van der Waals surface area (Å²) in [6.45, 7) is 3.46. The number of terminal acetylenes is 1. The third kappa shape index (κ3) is 3.94. The van der Waals surface area contributed by atoms with E-state index >= 15 is 0 Å². The first-order valence-corrected chi connectivity index (χ1v) is 3.13. The molecule has 0 aliphatic rings. The molecule has 0 aromatic carbocycles. The fraction of sp³-hybridized carbons (Fsp3) is 0.333. The highest BCUT2D eigenvalue weighted by Gasteiger charge is 2.08. The van der Waals surface area contributed by atoms with E-state index < -0.39 is 5.60 Å². The summed E-state index contributed by atoms with van der Waals surface area (Å²) in [5, 5.41) is 9.19. The van der Waals surface area contributed by atoms with Gasteiger partial charge in [0, 0.05) is 0 Å². The van der Waals surface area contributed by atoms with Crippen molar-refractivity contribution in [2.75, 3.05) is 0 Å². The van der Waals surface area contributed by atoms with Gasteiger partial charge in [-0.05, 0) is 19.9 Å². The van der Waals surface area contributed by atoms with Crippen LogP contribution in [-0.4, -0.2) is 10.7 Å². The molecule has 0 saturated carbocycles. The van der Waals surface area contributed by atoms with Crippen LogP contribution in [0.2, 0.25) is 0 Å². The molecule has 0 fully saturated rings. The predicted molar refractivity (Wildman–Crippen MR) is 43.4 cm³/mol. The van der Waals surface area contributed by atoms with Crippen LogP contribution in [0.3, 0.4) is 0 Å². The monoisotopic (exact) mass is 136 g/mol. The zero-order chi connectivity index (χ0) is 8.04. The van der Waals surface area contributed by atoms with Crippen molar-refractivity contribution in [2.24, 2.45) is 0 Å². The summed E-state index contributed by atoms with van der Waals surface area (Å²) in [5.41, 5.74) is -1.11. The molecular weight excluding hydrogens is 124 g/mol. The van der Waals surface area contributed by atoms with Crippen molar-refractivity contribution in [3.05, 3.63) is 24.3 Å². The van der Waals surface area contributed by atoms with E-state index in [-0.39, 0.29) is 0 Å². The number of aliphatic hydroxyl groups is 1. The molecule has 0 aliphatic carbocycles. The highest BCUT2D eigenvalue weighted by atomic mass is 16.3. The molecule has 0 aromatic rings. The molecule has 0 aliphatic heterocycles. The highest BCUT2D eigenvalue weighted by Crippen LogP contribution is 2.01. The maximum atomic E-state index is 9.19. The minimum atomic E-state index is -1.11. The number of rotatable bonds is 2. The Labute approximate surface area is 62.1 Å². The molecule has 0 spiro atoms. The average Bonchev–Trinajstić information content (AvgIpc) is 1.89. The molecule has 0 bridgehead atoms. The summed E-state index contributed by atoms with van der Waals surface area (Å²) in [7, 11) is 0. The van der Waals surface area contributed by atoms with Gasteiger partial charge in [-0.1, -0.05) is 24.1 Å². The topological polar surface area (TPSA) is 20.2 Å². The van der Waals surface area contributed by atoms with E-state index in [1.165, 1.54) is 0 Å². The molecule has 0 rings (SSSR count). The van der Waals surface area contributed by atoms with Crippen LogP contribution in [0.1, 0.15) is 13.8 Å². The van der Waals surface area contributed by atoms with Gasteiger partial charge in [-0.25, -0.2) is 0 Å². The normalized spacial score (nSPS) is 17.4. The summed E-state index contributed by atoms with van der Waals surface area (Å²) in [5.74, 6) is 2.24. The zero-order valence-corrected chi connectivity index (χ0v) is 6.33. The van der Waals surface area contributed by atoms with E-state index in [1.54, 1.807) is 19.1 Å². The molecular formula is C9H12O. The second kappa shape index (κ2) is 3.92. The zero-order valence-electron chi connectivity index (χ0n) is 6.33. The van der Waals surface area contributed by atoms with Crippen molar-refractivity contribution in [3.63, 3.8) is 0 Å². The summed E-state index contributed by atoms with van der Waals surface area (Å²) in [4.78, 5) is 0. The molecule has 1 unspecified atom stereocenters. The van der Waals surface area contributed by atoms with Gasteiger partial charge >= 0.3 is 0 Å². The van der Waals surface area contributed by atoms with Gasteiger partial charge in [0.15, 0.2) is 0 Å². The summed E-state index contributed by atoms with van der Waals surface area (Å²) < 4.78 is 0. The molecule has 0 heterocycles. The Morgan fingerprint density at radius 3 is 2.50 bits per heavy atom. The number of hydrogen-bond donors (Lipinski definition) is 1. The first-order valence-electron chi connectivity index (χ1n) is 3.13. The van der Waals surface area contributed by atoms with Crippen molar-refractivity contribution in [1.82, 2.24) is 0 Å². The number of allylic oxidation sites excluding steroid dienone is 3. The highest BCUT2D eigenvalue weighted by molar-refractivity contribution is 5.19. The molecule has 0 aromatic heterocycles. The minimum Gasteiger partial charge on any atom is -0.374 e. The maximum Gasteiger partial charge on any atom is 0.141 e. The van der Waals surface area contributed by atoms with E-state index in [1.807, 2.05) is 19.1 Å². The smallest absolute Gasteiger partial charge is 0.141 e. The molecule has 0 amide bonds. The van der Waals surface area contributed by atoms with Crippen LogP contribution in [0.4, 0.5) is 0 Å². The SMILES string of the molecule is C#CC(C)(O)C=CC=CC. The quantitative estimate of drug-likeness (QED) is 0.450. The Bertz CT molecular complexity index is 179. The van der Waals surface area contributed by atoms with Crippen LogP contribution >= 0.6 is 0 Å². The van der Waals surface area contributed by atoms with Crippen molar-refractivity contribution >= 4 is 0 Å². The van der Waals surface area contributed by atoms with Crippen molar-refractivity contribution in [1.29, 1.82) is 0 Å². The second-order valence-electron chi connectivity index (χ2n) is 2.18. The van der Waals surface area contributed by atoms with Gasteiger partial charge in [0.1, 0.15) is 5.60 Å². The van der Waals surface area contributed by atoms with Crippen molar-refractivity contribution in [2.45, 2.75) is 19.4 Å². The lowest BCUT2D eigenvalue weighted by Gasteiger charge is -2.07. The van der Waals surface area contributed by atoms with Gasteiger partial charge in [0.2, 0.25) is 0 Å². The maximum absolute atomic E-state index is 9.19. The Balaban J connectivity index is 4.02. The minimum absolute atomic E-state index is 1.11. The van der Waals surface area contributed by atoms with Gasteiger partial charge in [-0.3, -0.25) is 0 Å². The molecule has 0 radical (unpaired) electrons. The van der Waals surface area contributed by atoms with E-state index in [4.69, 9.17) is 6.42 Å². The molecule has 54 valence electrons. The largest absolute Gasteiger partial charge is 0.374 e. The van der Waals surface area contributed by atoms with Crippen molar-refractivity contribution < 1.29 is 5.11 Å². The van der Waals surface area contributed by atoms with E-state index in [9.17, 15) is 5.11 Å². The molecule has 1 heteroatoms. The molecule has 1 nitrogen and oxygen atoms in total. The van der Waals surface area contributed by atoms with Crippen LogP contribution in [0.15, 0.2) is 24.3 Å². The van der Waals surface area contributed by atoms with Crippen molar-refractivity contribution in [3.8, 4) is 12.3 Å². The molecule has 1 N–H and O–H groups in total. The first kappa shape index (κ1) is 9.00. The fourth-order valence-electron chi connectivity index (χ4n) is 0.402. The van der Waals surface area contributed by atoms with Gasteiger partial charge < -0.3 is 5.11 Å². The van der Waals surface area contributed by atoms with Crippen LogP contribution in [0.5, 0.6) is 0 Å². The van der Waals surface area contributed by atoms with Gasteiger partial charge in [0.05, 0.1) is 0 Å². The Morgan fingerprint density at radius 1 is 1.50 bits per heavy atom. The van der Waals surface area contributed by atoms with Crippen LogP contribution in [0.25, 0.3) is 0 Å². The number of hydrogen-bond acceptors (Lipinski definition) is 1. The third-order valence-corrected chi connectivity index (χ3v) is 1.02. The summed E-state index contributed by atoms with van der Waals surface area (Å²) >= 11 is 0. The summed E-state index contributed by atoms with van der Waals surface area (Å²) in [6, 6.07) is 0. The van der Waals surface area contributed by atoms with Crippen LogP contribution < -0.4 is 0 Å². The summed E-state index contributed by atoms with van der Waals surface area (Å²) in [6.07, 6.45) is 12.0. The Kier molecular flexibility index (Phi) is 3.53. The van der Waals surface area contributed by atoms with E-state index in [0.717, 1.165) is 0 Å². The lowest BCUT2D eigenvalue weighted by atomic mass is 10.1. The van der Waals surface area contributed by atoms with Gasteiger partial charge in [-0.2, -0.15) is 0 Å². The lowest BCUT2D eigenvalue weighted by Crippen LogP contribution is -2.16. The molecule has 0 saturated heterocycles. The average molecular weight is 136 g/mol. The Morgan fingerprint density at radius 2 is 2.10 bits per heavy atom. The van der Waals surface area contributed by atoms with Gasteiger partial charge in [0.25, 0.3) is 0 Å². The van der Waals surface area contributed by atoms with Gasteiger partial charge in [-0.15, -0.1) is 6.42 Å². The van der Waals surface area contributed by atoms with E-state index in [2.05, 4.69) is 5.92 Å². The van der Waals surface area contributed by atoms with E-state index in [0.29, 0.717) is 0 Å². The Hall–Kier alpha value is -1.00.